The maximum absolute atomic E-state index is 13.1. The minimum atomic E-state index is -0.967. The summed E-state index contributed by atoms with van der Waals surface area (Å²) >= 11 is 0. The average Bonchev–Trinajstić information content (AvgIpc) is 3.04. The Bertz CT molecular complexity index is 1050. The Labute approximate surface area is 155 Å². The first-order valence-corrected chi connectivity index (χ1v) is 8.70. The number of phenolic OH excluding ortho intramolecular Hbond substituents is 1. The standard InChI is InChI=1S/C21H20O6/c1-21(2)16-8-13(26-10-12(24)9-22)4-6-14(16)19(25)18-15-5-3-11(23)7-17(15)27-20(18)21/h3-8,12,22-24H,9-10H2,1-2H3/t12-/m1/s1. The van der Waals surface area contributed by atoms with E-state index in [4.69, 9.17) is 14.3 Å². The van der Waals surface area contributed by atoms with Crippen LogP contribution >= 0.6 is 0 Å². The number of rotatable bonds is 4. The van der Waals surface area contributed by atoms with E-state index < -0.39 is 11.5 Å². The summed E-state index contributed by atoms with van der Waals surface area (Å²) in [5, 5.41) is 28.8. The lowest BCUT2D eigenvalue weighted by Crippen LogP contribution is -2.29. The fourth-order valence-corrected chi connectivity index (χ4v) is 3.58. The molecule has 0 radical (unpaired) electrons. The molecule has 1 aliphatic carbocycles. The number of hydrogen-bond donors (Lipinski definition) is 3. The van der Waals surface area contributed by atoms with Crippen LogP contribution in [0.25, 0.3) is 11.0 Å². The number of aliphatic hydroxyl groups excluding tert-OH is 2. The van der Waals surface area contributed by atoms with Gasteiger partial charge in [-0.2, -0.15) is 0 Å². The highest BCUT2D eigenvalue weighted by Crippen LogP contribution is 2.46. The quantitative estimate of drug-likeness (QED) is 0.655. The minimum absolute atomic E-state index is 0.0428. The van der Waals surface area contributed by atoms with Crippen molar-refractivity contribution in [2.75, 3.05) is 13.2 Å². The molecule has 0 unspecified atom stereocenters. The number of furan rings is 1. The van der Waals surface area contributed by atoms with Crippen molar-refractivity contribution < 1.29 is 29.3 Å². The normalized spacial score (nSPS) is 16.1. The lowest BCUT2D eigenvalue weighted by molar-refractivity contribution is 0.0535. The molecule has 6 nitrogen and oxygen atoms in total. The third-order valence-corrected chi connectivity index (χ3v) is 5.03. The smallest absolute Gasteiger partial charge is 0.197 e. The van der Waals surface area contributed by atoms with Gasteiger partial charge in [0.15, 0.2) is 5.78 Å². The Morgan fingerprint density at radius 1 is 1.19 bits per heavy atom. The zero-order valence-corrected chi connectivity index (χ0v) is 15.0. The Morgan fingerprint density at radius 3 is 2.70 bits per heavy atom. The van der Waals surface area contributed by atoms with Crippen molar-refractivity contribution in [3.8, 4) is 11.5 Å². The molecular weight excluding hydrogens is 348 g/mol. The molecular formula is C21H20O6. The summed E-state index contributed by atoms with van der Waals surface area (Å²) in [6, 6.07) is 9.90. The summed E-state index contributed by atoms with van der Waals surface area (Å²) in [5.74, 6) is 0.993. The summed E-state index contributed by atoms with van der Waals surface area (Å²) in [6.07, 6.45) is -0.967. The van der Waals surface area contributed by atoms with Gasteiger partial charge in [0, 0.05) is 22.4 Å². The number of phenols is 1. The third kappa shape index (κ3) is 2.69. The van der Waals surface area contributed by atoms with Crippen molar-refractivity contribution >= 4 is 16.8 Å². The number of aliphatic hydroxyl groups is 2. The van der Waals surface area contributed by atoms with Crippen molar-refractivity contribution in [1.82, 2.24) is 0 Å². The van der Waals surface area contributed by atoms with Crippen LogP contribution in [0.1, 0.15) is 41.1 Å². The van der Waals surface area contributed by atoms with Crippen LogP contribution in [-0.2, 0) is 5.41 Å². The van der Waals surface area contributed by atoms with Crippen molar-refractivity contribution in [3.63, 3.8) is 0 Å². The van der Waals surface area contributed by atoms with Crippen molar-refractivity contribution in [2.24, 2.45) is 0 Å². The minimum Gasteiger partial charge on any atom is -0.508 e. The monoisotopic (exact) mass is 368 g/mol. The van der Waals surface area contributed by atoms with E-state index in [2.05, 4.69) is 0 Å². The third-order valence-electron chi connectivity index (χ3n) is 5.03. The predicted octanol–water partition coefficient (Wildman–Crippen LogP) is 2.74. The van der Waals surface area contributed by atoms with Gasteiger partial charge in [0.25, 0.3) is 0 Å². The molecule has 3 aromatic rings. The van der Waals surface area contributed by atoms with E-state index in [1.54, 1.807) is 24.3 Å². The topological polar surface area (TPSA) is 100 Å². The predicted molar refractivity (Wildman–Crippen MR) is 98.5 cm³/mol. The van der Waals surface area contributed by atoms with E-state index in [0.717, 1.165) is 5.56 Å². The van der Waals surface area contributed by atoms with Gasteiger partial charge < -0.3 is 24.5 Å². The number of carbonyl (C=O) groups excluding carboxylic acids is 1. The molecule has 0 spiro atoms. The molecule has 6 heteroatoms. The Balaban J connectivity index is 1.83. The SMILES string of the molecule is CC1(C)c2cc(OC[C@H](O)CO)ccc2C(=O)c2c1oc1cc(O)ccc21. The van der Waals surface area contributed by atoms with Gasteiger partial charge in [0.2, 0.25) is 0 Å². The molecule has 1 atom stereocenters. The van der Waals surface area contributed by atoms with Gasteiger partial charge in [-0.15, -0.1) is 0 Å². The molecule has 27 heavy (non-hydrogen) atoms. The fraction of sp³-hybridized carbons (Fsp3) is 0.286. The zero-order chi connectivity index (χ0) is 19.3. The van der Waals surface area contributed by atoms with Crippen LogP contribution in [0.3, 0.4) is 0 Å². The lowest BCUT2D eigenvalue weighted by Gasteiger charge is -2.31. The van der Waals surface area contributed by atoms with Crippen LogP contribution in [-0.4, -0.2) is 40.4 Å². The second kappa shape index (κ2) is 6.11. The summed E-state index contributed by atoms with van der Waals surface area (Å²) in [7, 11) is 0. The Morgan fingerprint density at radius 2 is 1.96 bits per heavy atom. The van der Waals surface area contributed by atoms with Gasteiger partial charge in [-0.05, 0) is 49.7 Å². The van der Waals surface area contributed by atoms with Gasteiger partial charge in [0.05, 0.1) is 12.2 Å². The molecule has 0 saturated carbocycles. The number of aromatic hydroxyl groups is 1. The largest absolute Gasteiger partial charge is 0.508 e. The molecule has 4 rings (SSSR count). The van der Waals surface area contributed by atoms with Gasteiger partial charge >= 0.3 is 0 Å². The van der Waals surface area contributed by atoms with Crippen LogP contribution in [0.2, 0.25) is 0 Å². The van der Waals surface area contributed by atoms with E-state index in [1.165, 1.54) is 12.1 Å². The highest BCUT2D eigenvalue weighted by molar-refractivity contribution is 6.19. The van der Waals surface area contributed by atoms with Crippen LogP contribution in [0.5, 0.6) is 11.5 Å². The first-order chi connectivity index (χ1) is 12.8. The molecule has 1 aromatic heterocycles. The number of carbonyl (C=O) groups is 1. The highest BCUT2D eigenvalue weighted by Gasteiger charge is 2.41. The molecule has 140 valence electrons. The van der Waals surface area contributed by atoms with Gasteiger partial charge in [0.1, 0.15) is 35.6 Å². The number of fused-ring (bicyclic) bond motifs is 4. The number of ketones is 1. The molecule has 0 bridgehead atoms. The van der Waals surface area contributed by atoms with Crippen molar-refractivity contribution in [1.29, 1.82) is 0 Å². The molecule has 0 fully saturated rings. The maximum atomic E-state index is 13.1. The molecule has 0 aliphatic heterocycles. The second-order valence-corrected chi connectivity index (χ2v) is 7.30. The summed E-state index contributed by atoms with van der Waals surface area (Å²) in [5.41, 5.74) is 1.73. The summed E-state index contributed by atoms with van der Waals surface area (Å²) in [6.45, 7) is 3.50. The number of hydrogen-bond acceptors (Lipinski definition) is 6. The average molecular weight is 368 g/mol. The first kappa shape index (κ1) is 17.6. The van der Waals surface area contributed by atoms with Gasteiger partial charge in [-0.1, -0.05) is 0 Å². The summed E-state index contributed by atoms with van der Waals surface area (Å²) < 4.78 is 11.5. The lowest BCUT2D eigenvalue weighted by atomic mass is 9.72. The Hall–Kier alpha value is -2.83. The number of benzene rings is 2. The van der Waals surface area contributed by atoms with E-state index in [9.17, 15) is 15.0 Å². The van der Waals surface area contributed by atoms with E-state index >= 15 is 0 Å². The molecule has 0 amide bonds. The van der Waals surface area contributed by atoms with Crippen LogP contribution in [0.15, 0.2) is 40.8 Å². The Kier molecular flexibility index (Phi) is 3.98. The molecule has 1 aliphatic rings. The van der Waals surface area contributed by atoms with Crippen LogP contribution in [0.4, 0.5) is 0 Å². The van der Waals surface area contributed by atoms with Crippen molar-refractivity contribution in [2.45, 2.75) is 25.4 Å². The van der Waals surface area contributed by atoms with E-state index in [0.29, 0.717) is 33.6 Å². The number of ether oxygens (including phenoxy) is 1. The second-order valence-electron chi connectivity index (χ2n) is 7.30. The fourth-order valence-electron chi connectivity index (χ4n) is 3.58. The molecule has 3 N–H and O–H groups in total. The zero-order valence-electron chi connectivity index (χ0n) is 15.0. The van der Waals surface area contributed by atoms with Crippen LogP contribution in [0, 0.1) is 0 Å². The summed E-state index contributed by atoms with van der Waals surface area (Å²) in [4.78, 5) is 13.1. The highest BCUT2D eigenvalue weighted by atomic mass is 16.5. The first-order valence-electron chi connectivity index (χ1n) is 8.70. The van der Waals surface area contributed by atoms with Crippen molar-refractivity contribution in [3.05, 3.63) is 58.8 Å². The molecule has 1 heterocycles. The maximum Gasteiger partial charge on any atom is 0.197 e. The molecule has 2 aromatic carbocycles. The van der Waals surface area contributed by atoms with Crippen LogP contribution < -0.4 is 4.74 Å². The van der Waals surface area contributed by atoms with E-state index in [-0.39, 0.29) is 24.7 Å². The van der Waals surface area contributed by atoms with Gasteiger partial charge in [-0.25, -0.2) is 0 Å². The molecule has 0 saturated heterocycles. The van der Waals surface area contributed by atoms with Gasteiger partial charge in [-0.3, -0.25) is 4.79 Å². The van der Waals surface area contributed by atoms with E-state index in [1.807, 2.05) is 13.8 Å².